The second kappa shape index (κ2) is 6.65. The van der Waals surface area contributed by atoms with Gasteiger partial charge in [0.25, 0.3) is 0 Å². The van der Waals surface area contributed by atoms with Crippen molar-refractivity contribution in [1.82, 2.24) is 10.3 Å². The van der Waals surface area contributed by atoms with Crippen LogP contribution in [0, 0.1) is 11.3 Å². The van der Waals surface area contributed by atoms with Crippen LogP contribution < -0.4 is 10.2 Å². The van der Waals surface area contributed by atoms with Crippen LogP contribution in [0.3, 0.4) is 0 Å². The highest BCUT2D eigenvalue weighted by Crippen LogP contribution is 2.40. The number of anilines is 1. The first-order valence-electron chi connectivity index (χ1n) is 8.50. The number of nitrogens with zero attached hydrogens (tertiary/aromatic N) is 3. The number of carbonyl (C=O) groups is 2. The number of hydrogen-bond acceptors (Lipinski definition) is 4. The van der Waals surface area contributed by atoms with Crippen LogP contribution in [-0.2, 0) is 11.5 Å². The number of urea groups is 1. The first-order valence-corrected chi connectivity index (χ1v) is 8.50. The lowest BCUT2D eigenvalue weighted by molar-refractivity contribution is -0.115. The smallest absolute Gasteiger partial charge is 0.326 e. The van der Waals surface area contributed by atoms with Crippen LogP contribution in [0.4, 0.5) is 14.9 Å². The molecular formula is C20H15FN4O2. The number of halogens is 1. The van der Waals surface area contributed by atoms with Crippen molar-refractivity contribution in [2.45, 2.75) is 25.6 Å². The maximum Gasteiger partial charge on any atom is 0.327 e. The summed E-state index contributed by atoms with van der Waals surface area (Å²) in [7, 11) is 0. The highest BCUT2D eigenvalue weighted by molar-refractivity contribution is 6.08. The summed E-state index contributed by atoms with van der Waals surface area (Å²) in [4.78, 5) is 30.9. The number of nitriles is 1. The van der Waals surface area contributed by atoms with Crippen LogP contribution in [0.5, 0.6) is 0 Å². The van der Waals surface area contributed by atoms with E-state index in [0.717, 1.165) is 0 Å². The van der Waals surface area contributed by atoms with Gasteiger partial charge in [0.15, 0.2) is 5.78 Å². The van der Waals surface area contributed by atoms with Crippen molar-refractivity contribution in [1.29, 1.82) is 5.26 Å². The van der Waals surface area contributed by atoms with E-state index in [1.165, 1.54) is 11.1 Å². The maximum atomic E-state index is 13.0. The van der Waals surface area contributed by atoms with Crippen molar-refractivity contribution < 1.29 is 14.0 Å². The second-order valence-electron chi connectivity index (χ2n) is 6.39. The summed E-state index contributed by atoms with van der Waals surface area (Å²) in [6.07, 6.45) is 2.26. The lowest BCUT2D eigenvalue weighted by Gasteiger charge is -2.34. The molecule has 2 amide bonds. The van der Waals surface area contributed by atoms with Gasteiger partial charge in [0.05, 0.1) is 11.7 Å². The number of nitrogens with one attached hydrogen (secondary N) is 1. The lowest BCUT2D eigenvalue weighted by atomic mass is 9.95. The molecule has 1 aliphatic heterocycles. The Kier molecular flexibility index (Phi) is 4.16. The third kappa shape index (κ3) is 2.85. The van der Waals surface area contributed by atoms with Crippen molar-refractivity contribution in [3.63, 3.8) is 0 Å². The average Bonchev–Trinajstić information content (AvgIpc) is 3.09. The molecule has 0 fully saturated rings. The minimum atomic E-state index is -0.631. The molecule has 1 N–H and O–H groups in total. The average molecular weight is 362 g/mol. The third-order valence-electron chi connectivity index (χ3n) is 4.79. The van der Waals surface area contributed by atoms with Gasteiger partial charge in [0.1, 0.15) is 18.4 Å². The number of pyridine rings is 1. The van der Waals surface area contributed by atoms with Gasteiger partial charge in [0.2, 0.25) is 0 Å². The highest BCUT2D eigenvalue weighted by atomic mass is 19.1. The fraction of sp³-hybridized carbons (Fsp3) is 0.200. The predicted octanol–water partition coefficient (Wildman–Crippen LogP) is 3.31. The molecule has 6 nitrogen and oxygen atoms in total. The van der Waals surface area contributed by atoms with Gasteiger partial charge in [0, 0.05) is 23.9 Å². The largest absolute Gasteiger partial charge is 0.327 e. The van der Waals surface area contributed by atoms with Crippen molar-refractivity contribution in [2.24, 2.45) is 0 Å². The van der Waals surface area contributed by atoms with E-state index < -0.39 is 12.7 Å². The van der Waals surface area contributed by atoms with Crippen molar-refractivity contribution in [3.05, 3.63) is 70.7 Å². The number of hydrogen-bond donors (Lipinski definition) is 1. The van der Waals surface area contributed by atoms with E-state index in [-0.39, 0.29) is 17.5 Å². The summed E-state index contributed by atoms with van der Waals surface area (Å²) >= 11 is 0. The van der Waals surface area contributed by atoms with Crippen LogP contribution in [-0.4, -0.2) is 16.8 Å². The van der Waals surface area contributed by atoms with Gasteiger partial charge in [-0.2, -0.15) is 5.26 Å². The third-order valence-corrected chi connectivity index (χ3v) is 4.79. The molecule has 2 aliphatic rings. The molecule has 2 aromatic rings. The molecule has 1 atom stereocenters. The lowest BCUT2D eigenvalue weighted by Crippen LogP contribution is -2.47. The van der Waals surface area contributed by atoms with Crippen LogP contribution in [0.15, 0.2) is 53.9 Å². The van der Waals surface area contributed by atoms with Crippen LogP contribution in [0.1, 0.15) is 35.7 Å². The van der Waals surface area contributed by atoms with Crippen LogP contribution >= 0.6 is 0 Å². The van der Waals surface area contributed by atoms with Crippen molar-refractivity contribution >= 4 is 17.5 Å². The summed E-state index contributed by atoms with van der Waals surface area (Å²) in [6.45, 7) is -0.631. The van der Waals surface area contributed by atoms with E-state index in [2.05, 4.69) is 10.3 Å². The van der Waals surface area contributed by atoms with Gasteiger partial charge < -0.3 is 5.32 Å². The van der Waals surface area contributed by atoms with Gasteiger partial charge >= 0.3 is 6.03 Å². The summed E-state index contributed by atoms with van der Waals surface area (Å²) in [6, 6.07) is 10.9. The Balaban J connectivity index is 1.80. The zero-order valence-corrected chi connectivity index (χ0v) is 14.3. The maximum absolute atomic E-state index is 13.0. The molecule has 0 radical (unpaired) electrons. The number of rotatable bonds is 3. The Labute approximate surface area is 154 Å². The highest BCUT2D eigenvalue weighted by Gasteiger charge is 2.41. The number of carbonyl (C=O) groups excluding carboxylic acids is 2. The normalized spacial score (nSPS) is 19.0. The second-order valence-corrected chi connectivity index (χ2v) is 6.39. The quantitative estimate of drug-likeness (QED) is 0.908. The van der Waals surface area contributed by atoms with E-state index in [1.54, 1.807) is 36.4 Å². The SMILES string of the molecule is N#Cc1ccc(C2NC(=O)N(c3cccc(CF)c3)C3=C2C(=O)CC3)cn1. The Bertz CT molecular complexity index is 1010. The molecule has 2 heterocycles. The monoisotopic (exact) mass is 362 g/mol. The minimum absolute atomic E-state index is 0.0361. The minimum Gasteiger partial charge on any atom is -0.326 e. The van der Waals surface area contributed by atoms with E-state index in [1.807, 2.05) is 6.07 Å². The number of ketones is 1. The summed E-state index contributed by atoms with van der Waals surface area (Å²) in [5.74, 6) is -0.0361. The molecular weight excluding hydrogens is 347 g/mol. The number of aromatic nitrogens is 1. The van der Waals surface area contributed by atoms with E-state index in [4.69, 9.17) is 5.26 Å². The Morgan fingerprint density at radius 3 is 2.81 bits per heavy atom. The van der Waals surface area contributed by atoms with Crippen LogP contribution in [0.25, 0.3) is 0 Å². The predicted molar refractivity (Wildman–Crippen MR) is 95.2 cm³/mol. The Morgan fingerprint density at radius 1 is 1.26 bits per heavy atom. The molecule has 134 valence electrons. The number of allylic oxidation sites excluding steroid dienone is 1. The van der Waals surface area contributed by atoms with Crippen molar-refractivity contribution in [2.75, 3.05) is 4.90 Å². The Hall–Kier alpha value is -3.53. The van der Waals surface area contributed by atoms with E-state index >= 15 is 0 Å². The van der Waals surface area contributed by atoms with E-state index in [9.17, 15) is 14.0 Å². The van der Waals surface area contributed by atoms with Gasteiger partial charge in [-0.1, -0.05) is 18.2 Å². The molecule has 1 aliphatic carbocycles. The summed E-state index contributed by atoms with van der Waals surface area (Å²) in [5, 5.41) is 11.7. The zero-order valence-electron chi connectivity index (χ0n) is 14.3. The molecule has 0 saturated carbocycles. The first-order chi connectivity index (χ1) is 13.1. The molecule has 27 heavy (non-hydrogen) atoms. The molecule has 4 rings (SSSR count). The number of alkyl halides is 1. The zero-order chi connectivity index (χ0) is 19.0. The van der Waals surface area contributed by atoms with Crippen molar-refractivity contribution in [3.8, 4) is 6.07 Å². The molecule has 0 spiro atoms. The molecule has 1 aromatic heterocycles. The first kappa shape index (κ1) is 16.9. The topological polar surface area (TPSA) is 86.1 Å². The number of benzene rings is 1. The van der Waals surface area contributed by atoms with Gasteiger partial charge in [-0.3, -0.25) is 9.69 Å². The molecule has 7 heteroatoms. The van der Waals surface area contributed by atoms with Gasteiger partial charge in [-0.15, -0.1) is 0 Å². The molecule has 0 bridgehead atoms. The van der Waals surface area contributed by atoms with Gasteiger partial charge in [-0.05, 0) is 35.7 Å². The summed E-state index contributed by atoms with van der Waals surface area (Å²) < 4.78 is 13.0. The standard InChI is InChI=1S/C20H15FN4O2/c21-9-12-2-1-3-15(8-12)25-16-6-7-17(26)18(16)19(24-20(25)27)13-4-5-14(10-22)23-11-13/h1-5,8,11,19H,6-7,9H2,(H,24,27). The number of Topliss-reactive ketones (excluding diaryl/α,β-unsaturated/α-hetero) is 1. The van der Waals surface area contributed by atoms with E-state index in [0.29, 0.717) is 40.9 Å². The Morgan fingerprint density at radius 2 is 2.11 bits per heavy atom. The molecule has 0 saturated heterocycles. The van der Waals surface area contributed by atoms with Crippen LogP contribution in [0.2, 0.25) is 0 Å². The summed E-state index contributed by atoms with van der Waals surface area (Å²) in [5.41, 5.74) is 3.05. The fourth-order valence-corrected chi connectivity index (χ4v) is 3.55. The fourth-order valence-electron chi connectivity index (χ4n) is 3.55. The number of amides is 2. The molecule has 1 aromatic carbocycles. The molecule has 1 unspecified atom stereocenters. The van der Waals surface area contributed by atoms with Gasteiger partial charge in [-0.25, -0.2) is 14.2 Å².